The van der Waals surface area contributed by atoms with E-state index in [0.29, 0.717) is 10.7 Å². The highest BCUT2D eigenvalue weighted by Gasteiger charge is 2.13. The molecule has 2 rings (SSSR count). The van der Waals surface area contributed by atoms with Crippen molar-refractivity contribution in [3.63, 3.8) is 0 Å². The highest BCUT2D eigenvalue weighted by molar-refractivity contribution is 14.1. The number of anilines is 3. The third kappa shape index (κ3) is 3.14. The SMILES string of the molecule is CCCc1nn(C)c(Nc2ccc(I)cc2Cl)c1N. The Balaban J connectivity index is 2.33. The van der Waals surface area contributed by atoms with Crippen molar-refractivity contribution in [2.45, 2.75) is 19.8 Å². The summed E-state index contributed by atoms with van der Waals surface area (Å²) >= 11 is 8.44. The lowest BCUT2D eigenvalue weighted by molar-refractivity contribution is 0.740. The van der Waals surface area contributed by atoms with Crippen LogP contribution in [0.4, 0.5) is 17.2 Å². The molecule has 2 aromatic rings. The van der Waals surface area contributed by atoms with Crippen LogP contribution >= 0.6 is 34.2 Å². The zero-order valence-corrected chi connectivity index (χ0v) is 13.8. The molecule has 0 bridgehead atoms. The van der Waals surface area contributed by atoms with Gasteiger partial charge in [-0.25, -0.2) is 0 Å². The van der Waals surface area contributed by atoms with Gasteiger partial charge in [0.05, 0.1) is 22.1 Å². The third-order valence-corrected chi connectivity index (χ3v) is 3.82. The fourth-order valence-electron chi connectivity index (χ4n) is 1.88. The van der Waals surface area contributed by atoms with Crippen LogP contribution in [0.15, 0.2) is 18.2 Å². The van der Waals surface area contributed by atoms with E-state index in [0.717, 1.165) is 33.6 Å². The number of halogens is 2. The highest BCUT2D eigenvalue weighted by Crippen LogP contribution is 2.31. The van der Waals surface area contributed by atoms with Gasteiger partial charge in [-0.15, -0.1) is 0 Å². The Labute approximate surface area is 131 Å². The zero-order valence-electron chi connectivity index (χ0n) is 10.9. The maximum absolute atomic E-state index is 6.21. The van der Waals surface area contributed by atoms with Gasteiger partial charge in [0.2, 0.25) is 0 Å². The Kier molecular flexibility index (Phi) is 4.57. The summed E-state index contributed by atoms with van der Waals surface area (Å²) in [6, 6.07) is 5.84. The largest absolute Gasteiger partial charge is 0.394 e. The van der Waals surface area contributed by atoms with Gasteiger partial charge in [-0.3, -0.25) is 4.68 Å². The molecule has 4 nitrogen and oxygen atoms in total. The lowest BCUT2D eigenvalue weighted by atomic mass is 10.2. The molecule has 1 aromatic carbocycles. The Morgan fingerprint density at radius 1 is 1.47 bits per heavy atom. The van der Waals surface area contributed by atoms with Crippen LogP contribution in [0.25, 0.3) is 0 Å². The van der Waals surface area contributed by atoms with E-state index in [2.05, 4.69) is 39.9 Å². The Hall–Kier alpha value is -0.950. The topological polar surface area (TPSA) is 55.9 Å². The number of aromatic nitrogens is 2. The predicted octanol–water partition coefficient (Wildman–Crippen LogP) is 3.96. The molecule has 0 amide bonds. The number of benzene rings is 1. The van der Waals surface area contributed by atoms with Crippen molar-refractivity contribution in [2.75, 3.05) is 11.1 Å². The molecule has 0 radical (unpaired) electrons. The summed E-state index contributed by atoms with van der Waals surface area (Å²) in [5.41, 5.74) is 8.58. The fourth-order valence-corrected chi connectivity index (χ4v) is 2.79. The maximum atomic E-state index is 6.21. The molecule has 0 saturated heterocycles. The average molecular weight is 391 g/mol. The van der Waals surface area contributed by atoms with E-state index in [1.807, 2.05) is 25.2 Å². The van der Waals surface area contributed by atoms with E-state index in [4.69, 9.17) is 17.3 Å². The molecule has 0 atom stereocenters. The number of aryl methyl sites for hydroxylation is 2. The van der Waals surface area contributed by atoms with Gasteiger partial charge in [-0.05, 0) is 47.2 Å². The fraction of sp³-hybridized carbons (Fsp3) is 0.308. The van der Waals surface area contributed by atoms with Crippen LogP contribution in [0.2, 0.25) is 5.02 Å². The number of nitrogens with two attached hydrogens (primary N) is 1. The molecule has 0 aliphatic rings. The van der Waals surface area contributed by atoms with Crippen molar-refractivity contribution < 1.29 is 0 Å². The molecule has 0 fully saturated rings. The van der Waals surface area contributed by atoms with Gasteiger partial charge < -0.3 is 11.1 Å². The summed E-state index contributed by atoms with van der Waals surface area (Å²) in [6.45, 7) is 2.11. The van der Waals surface area contributed by atoms with Gasteiger partial charge in [0.15, 0.2) is 5.82 Å². The summed E-state index contributed by atoms with van der Waals surface area (Å²) < 4.78 is 2.85. The average Bonchev–Trinajstić information content (AvgIpc) is 2.60. The molecule has 102 valence electrons. The van der Waals surface area contributed by atoms with Crippen LogP contribution in [-0.2, 0) is 13.5 Å². The van der Waals surface area contributed by atoms with Crippen LogP contribution in [0, 0.1) is 3.57 Å². The Bertz CT molecular complexity index is 595. The number of hydrogen-bond donors (Lipinski definition) is 2. The van der Waals surface area contributed by atoms with Gasteiger partial charge in [-0.1, -0.05) is 24.9 Å². The van der Waals surface area contributed by atoms with Crippen molar-refractivity contribution in [3.8, 4) is 0 Å². The second kappa shape index (κ2) is 6.00. The third-order valence-electron chi connectivity index (χ3n) is 2.83. The molecular weight excluding hydrogens is 375 g/mol. The minimum Gasteiger partial charge on any atom is -0.394 e. The highest BCUT2D eigenvalue weighted by atomic mass is 127. The summed E-state index contributed by atoms with van der Waals surface area (Å²) in [6.07, 6.45) is 1.90. The molecular formula is C13H16ClIN4. The smallest absolute Gasteiger partial charge is 0.152 e. The first-order valence-electron chi connectivity index (χ1n) is 6.06. The second-order valence-electron chi connectivity index (χ2n) is 4.33. The van der Waals surface area contributed by atoms with E-state index in [1.165, 1.54) is 0 Å². The van der Waals surface area contributed by atoms with Gasteiger partial charge in [0, 0.05) is 10.6 Å². The first-order chi connectivity index (χ1) is 9.02. The molecule has 1 aromatic heterocycles. The van der Waals surface area contributed by atoms with E-state index < -0.39 is 0 Å². The number of nitrogens with zero attached hydrogens (tertiary/aromatic N) is 2. The molecule has 19 heavy (non-hydrogen) atoms. The molecule has 0 spiro atoms. The molecule has 0 unspecified atom stereocenters. The summed E-state index contributed by atoms with van der Waals surface area (Å²) in [4.78, 5) is 0. The van der Waals surface area contributed by atoms with Gasteiger partial charge >= 0.3 is 0 Å². The van der Waals surface area contributed by atoms with E-state index in [-0.39, 0.29) is 0 Å². The van der Waals surface area contributed by atoms with Crippen molar-refractivity contribution in [3.05, 3.63) is 32.5 Å². The summed E-state index contributed by atoms with van der Waals surface area (Å²) in [5.74, 6) is 0.784. The monoisotopic (exact) mass is 390 g/mol. The van der Waals surface area contributed by atoms with Crippen LogP contribution in [0.3, 0.4) is 0 Å². The zero-order chi connectivity index (χ0) is 14.0. The lowest BCUT2D eigenvalue weighted by Crippen LogP contribution is -2.01. The maximum Gasteiger partial charge on any atom is 0.152 e. The predicted molar refractivity (Wildman–Crippen MR) is 89.1 cm³/mol. The molecule has 0 saturated carbocycles. The number of nitrogens with one attached hydrogen (secondary N) is 1. The summed E-state index contributed by atoms with van der Waals surface area (Å²) in [5, 5.41) is 8.35. The Morgan fingerprint density at radius 2 is 2.21 bits per heavy atom. The number of hydrogen-bond acceptors (Lipinski definition) is 3. The van der Waals surface area contributed by atoms with Gasteiger partial charge in [-0.2, -0.15) is 5.10 Å². The van der Waals surface area contributed by atoms with E-state index >= 15 is 0 Å². The standard InChI is InChI=1S/C13H16ClIN4/c1-3-4-11-12(16)13(19(2)18-11)17-10-6-5-8(15)7-9(10)14/h5-7,17H,3-4,16H2,1-2H3. The van der Waals surface area contributed by atoms with E-state index in [9.17, 15) is 0 Å². The molecule has 0 aliphatic heterocycles. The molecule has 3 N–H and O–H groups in total. The van der Waals surface area contributed by atoms with Crippen LogP contribution in [0.1, 0.15) is 19.0 Å². The quantitative estimate of drug-likeness (QED) is 0.777. The molecule has 0 aliphatic carbocycles. The van der Waals surface area contributed by atoms with Crippen molar-refractivity contribution in [2.24, 2.45) is 7.05 Å². The van der Waals surface area contributed by atoms with Crippen LogP contribution in [-0.4, -0.2) is 9.78 Å². The lowest BCUT2D eigenvalue weighted by Gasteiger charge is -2.09. The second-order valence-corrected chi connectivity index (χ2v) is 5.98. The van der Waals surface area contributed by atoms with Crippen molar-refractivity contribution in [1.82, 2.24) is 9.78 Å². The molecule has 1 heterocycles. The first-order valence-corrected chi connectivity index (χ1v) is 7.52. The van der Waals surface area contributed by atoms with Crippen LogP contribution < -0.4 is 11.1 Å². The number of nitrogen functional groups attached to an aromatic ring is 1. The van der Waals surface area contributed by atoms with Crippen molar-refractivity contribution in [1.29, 1.82) is 0 Å². The first kappa shape index (κ1) is 14.5. The normalized spacial score (nSPS) is 10.7. The Morgan fingerprint density at radius 3 is 2.84 bits per heavy atom. The van der Waals surface area contributed by atoms with Crippen LogP contribution in [0.5, 0.6) is 0 Å². The van der Waals surface area contributed by atoms with E-state index in [1.54, 1.807) is 4.68 Å². The minimum absolute atomic E-state index is 0.671. The molecule has 6 heteroatoms. The van der Waals surface area contributed by atoms with Gasteiger partial charge in [0.1, 0.15) is 0 Å². The number of rotatable bonds is 4. The van der Waals surface area contributed by atoms with Gasteiger partial charge in [0.25, 0.3) is 0 Å². The van der Waals surface area contributed by atoms with Crippen molar-refractivity contribution >= 4 is 51.4 Å². The summed E-state index contributed by atoms with van der Waals surface area (Å²) in [7, 11) is 1.87. The minimum atomic E-state index is 0.671.